The number of nitrogens with zero attached hydrogens (tertiary/aromatic N) is 4. The van der Waals surface area contributed by atoms with Crippen molar-refractivity contribution >= 4 is 5.97 Å². The number of carbonyl (C=O) groups is 1. The van der Waals surface area contributed by atoms with Gasteiger partial charge in [0.25, 0.3) is 0 Å². The average molecular weight is 379 g/mol. The van der Waals surface area contributed by atoms with Gasteiger partial charge in [-0.2, -0.15) is 5.10 Å². The molecule has 8 nitrogen and oxygen atoms in total. The summed E-state index contributed by atoms with van der Waals surface area (Å²) in [4.78, 5) is 15.8. The van der Waals surface area contributed by atoms with Gasteiger partial charge in [-0.25, -0.2) is 9.78 Å². The molecule has 1 aliphatic rings. The van der Waals surface area contributed by atoms with E-state index in [9.17, 15) is 9.90 Å². The maximum absolute atomic E-state index is 11.6. The minimum absolute atomic E-state index is 0.270. The molecule has 0 saturated carbocycles. The number of imidazole rings is 1. The molecule has 0 spiro atoms. The Kier molecular flexibility index (Phi) is 4.89. The van der Waals surface area contributed by atoms with Crippen molar-refractivity contribution in [3.8, 4) is 5.82 Å². The first-order chi connectivity index (χ1) is 13.5. The molecule has 2 N–H and O–H groups in total. The van der Waals surface area contributed by atoms with Crippen LogP contribution < -0.4 is 5.32 Å². The summed E-state index contributed by atoms with van der Waals surface area (Å²) in [6, 6.07) is 7.27. The summed E-state index contributed by atoms with van der Waals surface area (Å²) in [5.74, 6) is 0.403. The topological polar surface area (TPSA) is 102 Å². The highest BCUT2D eigenvalue weighted by Gasteiger charge is 2.25. The summed E-state index contributed by atoms with van der Waals surface area (Å²) in [5, 5.41) is 22.1. The summed E-state index contributed by atoms with van der Waals surface area (Å²) in [6.07, 6.45) is 2.89. The number of esters is 1. The van der Waals surface area contributed by atoms with E-state index in [4.69, 9.17) is 4.74 Å². The molecular weight excluding hydrogens is 358 g/mol. The molecular formula is C20H21N5O3. The molecule has 1 unspecified atom stereocenters. The second kappa shape index (κ2) is 7.49. The molecule has 8 heteroatoms. The molecule has 0 aliphatic carbocycles. The molecule has 2 aromatic heterocycles. The second-order valence-corrected chi connectivity index (χ2v) is 6.83. The molecule has 0 bridgehead atoms. The minimum Gasteiger partial charge on any atom is -0.457 e. The van der Waals surface area contributed by atoms with Crippen LogP contribution in [0.25, 0.3) is 5.82 Å². The van der Waals surface area contributed by atoms with Gasteiger partial charge in [-0.1, -0.05) is 6.07 Å². The normalized spacial score (nSPS) is 14.0. The van der Waals surface area contributed by atoms with E-state index in [0.717, 1.165) is 28.1 Å². The first-order valence-corrected chi connectivity index (χ1v) is 9.05. The van der Waals surface area contributed by atoms with Crippen molar-refractivity contribution < 1.29 is 14.6 Å². The number of ether oxygens (including phenoxy) is 1. The van der Waals surface area contributed by atoms with Crippen LogP contribution in [0.4, 0.5) is 0 Å². The van der Waals surface area contributed by atoms with Crippen LogP contribution >= 0.6 is 0 Å². The number of nitrogens with one attached hydrogen (secondary N) is 1. The molecule has 0 fully saturated rings. The number of aliphatic hydroxyl groups is 1. The van der Waals surface area contributed by atoms with Gasteiger partial charge < -0.3 is 15.2 Å². The fourth-order valence-corrected chi connectivity index (χ4v) is 3.31. The third kappa shape index (κ3) is 3.51. The molecule has 1 aromatic carbocycles. The summed E-state index contributed by atoms with van der Waals surface area (Å²) in [7, 11) is 0. The van der Waals surface area contributed by atoms with Crippen molar-refractivity contribution in [2.24, 2.45) is 0 Å². The maximum Gasteiger partial charge on any atom is 0.338 e. The van der Waals surface area contributed by atoms with E-state index in [1.54, 1.807) is 18.5 Å². The number of benzene rings is 1. The van der Waals surface area contributed by atoms with Crippen molar-refractivity contribution in [1.82, 2.24) is 25.1 Å². The minimum atomic E-state index is -0.692. The van der Waals surface area contributed by atoms with E-state index in [0.29, 0.717) is 24.5 Å². The number of fused-ring (bicyclic) bond motifs is 1. The van der Waals surface area contributed by atoms with Gasteiger partial charge in [0, 0.05) is 24.8 Å². The smallest absolute Gasteiger partial charge is 0.338 e. The Morgan fingerprint density at radius 3 is 2.82 bits per heavy atom. The number of carbonyl (C=O) groups excluding carboxylic acids is 1. The van der Waals surface area contributed by atoms with E-state index in [2.05, 4.69) is 20.5 Å². The first-order valence-electron chi connectivity index (χ1n) is 9.05. The third-order valence-electron chi connectivity index (χ3n) is 4.89. The second-order valence-electron chi connectivity index (χ2n) is 6.83. The fraction of sp³-hybridized carbons (Fsp3) is 0.300. The van der Waals surface area contributed by atoms with Gasteiger partial charge in [0.05, 0.1) is 23.1 Å². The quantitative estimate of drug-likeness (QED) is 0.629. The Balaban J connectivity index is 1.36. The number of aliphatic hydroxyl groups excluding tert-OH is 1. The van der Waals surface area contributed by atoms with Crippen LogP contribution in [0.1, 0.15) is 44.5 Å². The Morgan fingerprint density at radius 1 is 1.25 bits per heavy atom. The largest absolute Gasteiger partial charge is 0.457 e. The van der Waals surface area contributed by atoms with Crippen molar-refractivity contribution in [1.29, 1.82) is 0 Å². The lowest BCUT2D eigenvalue weighted by Crippen LogP contribution is -2.22. The SMILES string of the molecule is Cc1cn(-c2ccc(CNCC(O)c3ccc4c(c3C)COC4=O)nn2)cn1. The molecule has 1 aliphatic heterocycles. The lowest BCUT2D eigenvalue weighted by molar-refractivity contribution is 0.0535. The van der Waals surface area contributed by atoms with Crippen LogP contribution in [-0.4, -0.2) is 37.4 Å². The number of hydrogen-bond acceptors (Lipinski definition) is 7. The highest BCUT2D eigenvalue weighted by molar-refractivity contribution is 5.93. The molecule has 144 valence electrons. The monoisotopic (exact) mass is 379 g/mol. The molecule has 0 saturated heterocycles. The number of rotatable bonds is 6. The van der Waals surface area contributed by atoms with Crippen LogP contribution in [0.5, 0.6) is 0 Å². The number of hydrogen-bond donors (Lipinski definition) is 2. The maximum atomic E-state index is 11.6. The van der Waals surface area contributed by atoms with Crippen LogP contribution in [0, 0.1) is 13.8 Å². The van der Waals surface area contributed by atoms with E-state index in [1.807, 2.05) is 36.7 Å². The summed E-state index contributed by atoms with van der Waals surface area (Å²) >= 11 is 0. The molecule has 0 amide bonds. The standard InChI is InChI=1S/C20H21N5O3/c1-12-9-25(11-22-12)19-6-3-14(23-24-19)7-21-8-18(26)15-4-5-16-17(13(15)2)10-28-20(16)27/h3-6,9,11,18,21,26H,7-8,10H2,1-2H3. The van der Waals surface area contributed by atoms with Crippen LogP contribution in [0.15, 0.2) is 36.8 Å². The zero-order valence-electron chi connectivity index (χ0n) is 15.7. The summed E-state index contributed by atoms with van der Waals surface area (Å²) < 4.78 is 6.88. The lowest BCUT2D eigenvalue weighted by Gasteiger charge is -2.16. The highest BCUT2D eigenvalue weighted by Crippen LogP contribution is 2.28. The van der Waals surface area contributed by atoms with Crippen molar-refractivity contribution in [3.63, 3.8) is 0 Å². The van der Waals surface area contributed by atoms with Crippen LogP contribution in [0.3, 0.4) is 0 Å². The van der Waals surface area contributed by atoms with Crippen molar-refractivity contribution in [3.05, 3.63) is 70.4 Å². The Morgan fingerprint density at radius 2 is 2.11 bits per heavy atom. The van der Waals surface area contributed by atoms with Gasteiger partial charge >= 0.3 is 5.97 Å². The molecule has 3 heterocycles. The Labute approximate surface area is 162 Å². The van der Waals surface area contributed by atoms with Crippen LogP contribution in [0.2, 0.25) is 0 Å². The molecule has 3 aromatic rings. The average Bonchev–Trinajstić information content (AvgIpc) is 3.29. The summed E-state index contributed by atoms with van der Waals surface area (Å²) in [5.41, 5.74) is 4.83. The van der Waals surface area contributed by atoms with Gasteiger partial charge in [0.2, 0.25) is 0 Å². The van der Waals surface area contributed by atoms with E-state index in [1.165, 1.54) is 0 Å². The van der Waals surface area contributed by atoms with E-state index in [-0.39, 0.29) is 12.6 Å². The molecule has 4 rings (SSSR count). The predicted molar refractivity (Wildman–Crippen MR) is 101 cm³/mol. The zero-order chi connectivity index (χ0) is 19.7. The zero-order valence-corrected chi connectivity index (χ0v) is 15.7. The number of aromatic nitrogens is 4. The van der Waals surface area contributed by atoms with Gasteiger partial charge in [0.1, 0.15) is 12.9 Å². The van der Waals surface area contributed by atoms with E-state index >= 15 is 0 Å². The lowest BCUT2D eigenvalue weighted by atomic mass is 9.95. The predicted octanol–water partition coefficient (Wildman–Crippen LogP) is 1.77. The third-order valence-corrected chi connectivity index (χ3v) is 4.89. The van der Waals surface area contributed by atoms with Crippen molar-refractivity contribution in [2.75, 3.05) is 6.54 Å². The molecule has 28 heavy (non-hydrogen) atoms. The van der Waals surface area contributed by atoms with Gasteiger partial charge in [-0.05, 0) is 43.2 Å². The van der Waals surface area contributed by atoms with Crippen LogP contribution in [-0.2, 0) is 17.9 Å². The van der Waals surface area contributed by atoms with Gasteiger partial charge in [0.15, 0.2) is 5.82 Å². The number of cyclic esters (lactones) is 1. The van der Waals surface area contributed by atoms with Gasteiger partial charge in [-0.3, -0.25) is 4.57 Å². The molecule has 0 radical (unpaired) electrons. The Hall–Kier alpha value is -3.10. The first kappa shape index (κ1) is 18.3. The van der Waals surface area contributed by atoms with Crippen molar-refractivity contribution in [2.45, 2.75) is 33.1 Å². The van der Waals surface area contributed by atoms with E-state index < -0.39 is 6.10 Å². The highest BCUT2D eigenvalue weighted by atomic mass is 16.5. The number of aryl methyl sites for hydroxylation is 1. The molecule has 1 atom stereocenters. The fourth-order valence-electron chi connectivity index (χ4n) is 3.31. The van der Waals surface area contributed by atoms with Gasteiger partial charge in [-0.15, -0.1) is 5.10 Å². The summed E-state index contributed by atoms with van der Waals surface area (Å²) in [6.45, 7) is 4.94. The Bertz CT molecular complexity index is 1010.